The molecule has 0 aliphatic heterocycles. The van der Waals surface area contributed by atoms with Gasteiger partial charge in [-0.05, 0) is 32.1 Å². The number of amides is 2. The van der Waals surface area contributed by atoms with Crippen molar-refractivity contribution < 1.29 is 14.7 Å². The van der Waals surface area contributed by atoms with Crippen molar-refractivity contribution >= 4 is 12.0 Å². The fourth-order valence-corrected chi connectivity index (χ4v) is 3.49. The second kappa shape index (κ2) is 6.02. The van der Waals surface area contributed by atoms with E-state index in [1.807, 2.05) is 11.9 Å². The van der Waals surface area contributed by atoms with Gasteiger partial charge in [-0.3, -0.25) is 4.79 Å². The van der Waals surface area contributed by atoms with E-state index in [2.05, 4.69) is 0 Å². The number of carboxylic acids is 1. The van der Waals surface area contributed by atoms with Gasteiger partial charge in [0.15, 0.2) is 0 Å². The molecular weight excluding hydrogens is 256 g/mol. The van der Waals surface area contributed by atoms with Crippen LogP contribution < -0.4 is 0 Å². The summed E-state index contributed by atoms with van der Waals surface area (Å²) in [6, 6.07) is 0.327. The van der Waals surface area contributed by atoms with Crippen LogP contribution in [0.1, 0.15) is 57.8 Å². The monoisotopic (exact) mass is 282 g/mol. The number of nitrogens with zero attached hydrogens (tertiary/aromatic N) is 2. The summed E-state index contributed by atoms with van der Waals surface area (Å²) in [6.07, 6.45) is 8.17. The molecule has 0 radical (unpaired) electrons. The van der Waals surface area contributed by atoms with Gasteiger partial charge in [-0.1, -0.05) is 19.3 Å². The van der Waals surface area contributed by atoms with E-state index in [-0.39, 0.29) is 12.5 Å². The number of hydrogen-bond donors (Lipinski definition) is 1. The quantitative estimate of drug-likeness (QED) is 0.862. The van der Waals surface area contributed by atoms with Gasteiger partial charge in [-0.2, -0.15) is 0 Å². The minimum absolute atomic E-state index is 0.0159. The van der Waals surface area contributed by atoms with Crippen LogP contribution in [0.4, 0.5) is 4.79 Å². The summed E-state index contributed by atoms with van der Waals surface area (Å²) >= 11 is 0. The molecule has 0 saturated heterocycles. The fraction of sp³-hybridized carbons (Fsp3) is 0.867. The van der Waals surface area contributed by atoms with E-state index in [1.54, 1.807) is 11.9 Å². The maximum Gasteiger partial charge on any atom is 0.320 e. The lowest BCUT2D eigenvalue weighted by Crippen LogP contribution is -2.57. The molecule has 114 valence electrons. The topological polar surface area (TPSA) is 60.9 Å². The van der Waals surface area contributed by atoms with E-state index in [0.717, 1.165) is 44.9 Å². The van der Waals surface area contributed by atoms with Gasteiger partial charge in [0.05, 0.1) is 12.0 Å². The number of hydrogen-bond acceptors (Lipinski definition) is 2. The van der Waals surface area contributed by atoms with Crippen LogP contribution in [-0.2, 0) is 4.79 Å². The van der Waals surface area contributed by atoms with Crippen LogP contribution in [0.2, 0.25) is 0 Å². The van der Waals surface area contributed by atoms with Crippen LogP contribution in [0.3, 0.4) is 0 Å². The molecule has 1 N–H and O–H groups in total. The molecule has 2 aliphatic carbocycles. The van der Waals surface area contributed by atoms with E-state index >= 15 is 0 Å². The van der Waals surface area contributed by atoms with Gasteiger partial charge in [-0.25, -0.2) is 4.79 Å². The molecule has 0 unspecified atom stereocenters. The van der Waals surface area contributed by atoms with Crippen molar-refractivity contribution in [1.82, 2.24) is 9.80 Å². The van der Waals surface area contributed by atoms with Gasteiger partial charge >= 0.3 is 12.0 Å². The number of aliphatic carboxylic acids is 1. The van der Waals surface area contributed by atoms with Crippen LogP contribution in [0.15, 0.2) is 0 Å². The third-order valence-electron chi connectivity index (χ3n) is 5.19. The summed E-state index contributed by atoms with van der Waals surface area (Å²) in [4.78, 5) is 27.4. The van der Waals surface area contributed by atoms with Gasteiger partial charge in [0.2, 0.25) is 0 Å². The molecule has 0 aromatic heterocycles. The Labute approximate surface area is 120 Å². The first-order valence-corrected chi connectivity index (χ1v) is 7.69. The Morgan fingerprint density at radius 3 is 2.15 bits per heavy atom. The Hall–Kier alpha value is -1.26. The highest BCUT2D eigenvalue weighted by Gasteiger charge is 2.42. The van der Waals surface area contributed by atoms with Crippen molar-refractivity contribution in [1.29, 1.82) is 0 Å². The van der Waals surface area contributed by atoms with Crippen LogP contribution >= 0.6 is 0 Å². The first-order chi connectivity index (χ1) is 9.46. The van der Waals surface area contributed by atoms with Crippen LogP contribution in [0.5, 0.6) is 0 Å². The molecule has 0 aromatic carbocycles. The Morgan fingerprint density at radius 2 is 1.70 bits per heavy atom. The summed E-state index contributed by atoms with van der Waals surface area (Å²) in [7, 11) is 3.63. The van der Waals surface area contributed by atoms with Gasteiger partial charge in [0.25, 0.3) is 0 Å². The average Bonchev–Trinajstić information content (AvgIpc) is 2.35. The number of rotatable bonds is 4. The molecule has 0 spiro atoms. The SMILES string of the molecule is CN(C(=O)N(C)C1(CC(=O)O)CCCCC1)C1CCC1. The summed E-state index contributed by atoms with van der Waals surface area (Å²) in [5.41, 5.74) is -0.487. The second-order valence-corrected chi connectivity index (χ2v) is 6.39. The average molecular weight is 282 g/mol. The van der Waals surface area contributed by atoms with E-state index in [9.17, 15) is 14.7 Å². The lowest BCUT2D eigenvalue weighted by Gasteiger charge is -2.47. The number of carboxylic acid groups (broad SMARTS) is 1. The highest BCUT2D eigenvalue weighted by Crippen LogP contribution is 2.37. The minimum Gasteiger partial charge on any atom is -0.481 e. The van der Waals surface area contributed by atoms with E-state index < -0.39 is 11.5 Å². The summed E-state index contributed by atoms with van der Waals surface area (Å²) < 4.78 is 0. The van der Waals surface area contributed by atoms with E-state index in [4.69, 9.17) is 0 Å². The standard InChI is InChI=1S/C15H26N2O3/c1-16(12-7-6-8-12)14(20)17(2)15(11-13(18)19)9-4-3-5-10-15/h12H,3-11H2,1-2H3,(H,18,19). The first-order valence-electron chi connectivity index (χ1n) is 7.69. The zero-order valence-electron chi connectivity index (χ0n) is 12.6. The molecule has 2 rings (SSSR count). The molecule has 0 heterocycles. The van der Waals surface area contributed by atoms with E-state index in [0.29, 0.717) is 6.04 Å². The van der Waals surface area contributed by atoms with E-state index in [1.165, 1.54) is 6.42 Å². The largest absolute Gasteiger partial charge is 0.481 e. The van der Waals surface area contributed by atoms with Gasteiger partial charge in [0.1, 0.15) is 0 Å². The molecule has 2 aliphatic rings. The van der Waals surface area contributed by atoms with Crippen molar-refractivity contribution in [3.8, 4) is 0 Å². The molecule has 2 amide bonds. The highest BCUT2D eigenvalue weighted by atomic mass is 16.4. The second-order valence-electron chi connectivity index (χ2n) is 6.39. The Bertz CT molecular complexity index is 373. The van der Waals surface area contributed by atoms with Crippen molar-refractivity contribution in [3.63, 3.8) is 0 Å². The van der Waals surface area contributed by atoms with Crippen LogP contribution in [0, 0.1) is 0 Å². The van der Waals surface area contributed by atoms with Gasteiger partial charge in [0, 0.05) is 20.1 Å². The van der Waals surface area contributed by atoms with Crippen molar-refractivity contribution in [3.05, 3.63) is 0 Å². The smallest absolute Gasteiger partial charge is 0.320 e. The van der Waals surface area contributed by atoms with Crippen LogP contribution in [-0.4, -0.2) is 52.6 Å². The highest BCUT2D eigenvalue weighted by molar-refractivity contribution is 5.77. The number of urea groups is 1. The molecule has 5 heteroatoms. The molecule has 20 heavy (non-hydrogen) atoms. The molecular formula is C15H26N2O3. The van der Waals surface area contributed by atoms with Gasteiger partial charge < -0.3 is 14.9 Å². The maximum absolute atomic E-state index is 12.6. The third-order valence-corrected chi connectivity index (χ3v) is 5.19. The summed E-state index contributed by atoms with van der Waals surface area (Å²) in [5, 5.41) is 9.22. The molecule has 0 bridgehead atoms. The van der Waals surface area contributed by atoms with Crippen molar-refractivity contribution in [2.45, 2.75) is 69.4 Å². The Balaban J connectivity index is 2.10. The maximum atomic E-state index is 12.6. The lowest BCUT2D eigenvalue weighted by molar-refractivity contribution is -0.140. The molecule has 2 fully saturated rings. The Kier molecular flexibility index (Phi) is 4.55. The van der Waals surface area contributed by atoms with Crippen LogP contribution in [0.25, 0.3) is 0 Å². The number of carbonyl (C=O) groups is 2. The van der Waals surface area contributed by atoms with Crippen molar-refractivity contribution in [2.75, 3.05) is 14.1 Å². The first kappa shape index (κ1) is 15.1. The summed E-state index contributed by atoms with van der Waals surface area (Å²) in [5.74, 6) is -0.808. The molecule has 5 nitrogen and oxygen atoms in total. The molecule has 0 aromatic rings. The fourth-order valence-electron chi connectivity index (χ4n) is 3.49. The van der Waals surface area contributed by atoms with Gasteiger partial charge in [-0.15, -0.1) is 0 Å². The zero-order valence-corrected chi connectivity index (χ0v) is 12.6. The zero-order chi connectivity index (χ0) is 14.8. The third kappa shape index (κ3) is 2.91. The normalized spacial score (nSPS) is 21.9. The number of carbonyl (C=O) groups excluding carboxylic acids is 1. The molecule has 2 saturated carbocycles. The predicted octanol–water partition coefficient (Wildman–Crippen LogP) is 2.70. The molecule has 0 atom stereocenters. The minimum atomic E-state index is -0.808. The Morgan fingerprint density at radius 1 is 1.10 bits per heavy atom. The predicted molar refractivity (Wildman–Crippen MR) is 76.6 cm³/mol. The lowest BCUT2D eigenvalue weighted by atomic mass is 9.78. The summed E-state index contributed by atoms with van der Waals surface area (Å²) in [6.45, 7) is 0. The van der Waals surface area contributed by atoms with Crippen molar-refractivity contribution in [2.24, 2.45) is 0 Å².